The Kier molecular flexibility index (Phi) is 3.07. The summed E-state index contributed by atoms with van der Waals surface area (Å²) in [4.78, 5) is 18.3. The second-order valence-corrected chi connectivity index (χ2v) is 6.14. The highest BCUT2D eigenvalue weighted by atomic mass is 35.5. The third-order valence-corrected chi connectivity index (χ3v) is 4.91. The van der Waals surface area contributed by atoms with Crippen LogP contribution in [0, 0.1) is 12.8 Å². The van der Waals surface area contributed by atoms with Crippen LogP contribution in [-0.2, 0) is 4.79 Å². The van der Waals surface area contributed by atoms with Gasteiger partial charge in [-0.25, -0.2) is 4.98 Å². The van der Waals surface area contributed by atoms with Gasteiger partial charge in [-0.05, 0) is 24.6 Å². The van der Waals surface area contributed by atoms with Crippen LogP contribution in [-0.4, -0.2) is 17.4 Å². The van der Waals surface area contributed by atoms with Crippen LogP contribution in [0.4, 0.5) is 5.13 Å². The zero-order valence-corrected chi connectivity index (χ0v) is 12.1. The lowest BCUT2D eigenvalue weighted by Gasteiger charge is -2.11. The van der Waals surface area contributed by atoms with E-state index >= 15 is 0 Å². The van der Waals surface area contributed by atoms with Gasteiger partial charge in [0.25, 0.3) is 0 Å². The first-order chi connectivity index (χ1) is 9.10. The summed E-state index contributed by atoms with van der Waals surface area (Å²) in [5, 5.41) is 1.47. The van der Waals surface area contributed by atoms with Gasteiger partial charge >= 0.3 is 0 Å². The number of thiazole rings is 1. The van der Waals surface area contributed by atoms with Gasteiger partial charge in [-0.15, -0.1) is 6.58 Å². The number of aryl methyl sites for hydroxylation is 1. The quantitative estimate of drug-likeness (QED) is 0.789. The Morgan fingerprint density at radius 2 is 2.37 bits per heavy atom. The average molecular weight is 293 g/mol. The van der Waals surface area contributed by atoms with E-state index in [-0.39, 0.29) is 11.8 Å². The first-order valence-electron chi connectivity index (χ1n) is 6.08. The number of amides is 1. The summed E-state index contributed by atoms with van der Waals surface area (Å²) in [6, 6.07) is 3.83. The number of nitrogens with zero attached hydrogens (tertiary/aromatic N) is 2. The standard InChI is InChI=1S/C14H13ClN2OS/c1-3-9-6-12(18)17(7-9)14-16-13-8(2)10(15)4-5-11(13)19-14/h3-5,9H,1,6-7H2,2H3. The highest BCUT2D eigenvalue weighted by Gasteiger charge is 2.30. The fourth-order valence-corrected chi connectivity index (χ4v) is 3.49. The number of anilines is 1. The van der Waals surface area contributed by atoms with Crippen molar-refractivity contribution >= 4 is 44.2 Å². The molecule has 1 atom stereocenters. The lowest BCUT2D eigenvalue weighted by atomic mass is 10.1. The number of benzene rings is 1. The molecule has 1 amide bonds. The SMILES string of the molecule is C=CC1CC(=O)N(c2nc3c(C)c(Cl)ccc3s2)C1. The van der Waals surface area contributed by atoms with Crippen LogP contribution in [0.3, 0.4) is 0 Å². The number of fused-ring (bicyclic) bond motifs is 1. The van der Waals surface area contributed by atoms with Crippen molar-refractivity contribution in [1.82, 2.24) is 4.98 Å². The van der Waals surface area contributed by atoms with Crippen molar-refractivity contribution in [3.05, 3.63) is 35.4 Å². The minimum atomic E-state index is 0.118. The summed E-state index contributed by atoms with van der Waals surface area (Å²) < 4.78 is 1.06. The third kappa shape index (κ3) is 2.05. The van der Waals surface area contributed by atoms with E-state index in [1.807, 2.05) is 25.1 Å². The van der Waals surface area contributed by atoms with Gasteiger partial charge in [0.15, 0.2) is 5.13 Å². The minimum absolute atomic E-state index is 0.118. The molecule has 2 aromatic rings. The van der Waals surface area contributed by atoms with E-state index in [4.69, 9.17) is 11.6 Å². The molecule has 19 heavy (non-hydrogen) atoms. The van der Waals surface area contributed by atoms with Crippen molar-refractivity contribution in [2.45, 2.75) is 13.3 Å². The van der Waals surface area contributed by atoms with E-state index in [1.165, 1.54) is 11.3 Å². The van der Waals surface area contributed by atoms with Crippen LogP contribution in [0.15, 0.2) is 24.8 Å². The molecule has 1 aromatic carbocycles. The molecule has 1 unspecified atom stereocenters. The maximum atomic E-state index is 12.0. The predicted octanol–water partition coefficient (Wildman–Crippen LogP) is 3.80. The van der Waals surface area contributed by atoms with Gasteiger partial charge in [-0.1, -0.05) is 29.0 Å². The number of rotatable bonds is 2. The smallest absolute Gasteiger partial charge is 0.229 e. The molecule has 0 N–H and O–H groups in total. The highest BCUT2D eigenvalue weighted by molar-refractivity contribution is 7.22. The van der Waals surface area contributed by atoms with Crippen LogP contribution in [0.5, 0.6) is 0 Å². The van der Waals surface area contributed by atoms with Gasteiger partial charge < -0.3 is 0 Å². The number of carbonyl (C=O) groups excluding carboxylic acids is 1. The molecule has 1 aromatic heterocycles. The topological polar surface area (TPSA) is 33.2 Å². The highest BCUT2D eigenvalue weighted by Crippen LogP contribution is 2.35. The van der Waals surface area contributed by atoms with Gasteiger partial charge in [-0.2, -0.15) is 0 Å². The molecule has 0 spiro atoms. The summed E-state index contributed by atoms with van der Waals surface area (Å²) in [5.41, 5.74) is 1.86. The summed E-state index contributed by atoms with van der Waals surface area (Å²) in [6.07, 6.45) is 2.37. The minimum Gasteiger partial charge on any atom is -0.287 e. The van der Waals surface area contributed by atoms with E-state index < -0.39 is 0 Å². The molecule has 3 rings (SSSR count). The molecule has 5 heteroatoms. The van der Waals surface area contributed by atoms with Crippen LogP contribution in [0.1, 0.15) is 12.0 Å². The van der Waals surface area contributed by atoms with E-state index in [0.29, 0.717) is 18.0 Å². The van der Waals surface area contributed by atoms with Crippen molar-refractivity contribution in [3.8, 4) is 0 Å². The molecular weight excluding hydrogens is 280 g/mol. The van der Waals surface area contributed by atoms with Gasteiger partial charge in [-0.3, -0.25) is 9.69 Å². The number of carbonyl (C=O) groups is 1. The van der Waals surface area contributed by atoms with Crippen molar-refractivity contribution in [1.29, 1.82) is 0 Å². The maximum Gasteiger partial charge on any atom is 0.229 e. The monoisotopic (exact) mass is 292 g/mol. The summed E-state index contributed by atoms with van der Waals surface area (Å²) in [7, 11) is 0. The lowest BCUT2D eigenvalue weighted by Crippen LogP contribution is -2.24. The molecule has 98 valence electrons. The molecular formula is C14H13ClN2OS. The number of aromatic nitrogens is 1. The molecule has 3 nitrogen and oxygen atoms in total. The molecule has 0 aliphatic carbocycles. The molecule has 1 aliphatic heterocycles. The first-order valence-corrected chi connectivity index (χ1v) is 7.28. The van der Waals surface area contributed by atoms with Crippen molar-refractivity contribution in [3.63, 3.8) is 0 Å². The Bertz CT molecular complexity index is 679. The predicted molar refractivity (Wildman–Crippen MR) is 80.0 cm³/mol. The fraction of sp³-hybridized carbons (Fsp3) is 0.286. The Labute approximate surface area is 120 Å². The van der Waals surface area contributed by atoms with E-state index in [2.05, 4.69) is 11.6 Å². The van der Waals surface area contributed by atoms with E-state index in [9.17, 15) is 4.79 Å². The average Bonchev–Trinajstić information content (AvgIpc) is 2.97. The molecule has 0 saturated carbocycles. The normalized spacial score (nSPS) is 19.4. The molecule has 1 fully saturated rings. The van der Waals surface area contributed by atoms with Gasteiger partial charge in [0.2, 0.25) is 5.91 Å². The van der Waals surface area contributed by atoms with Crippen LogP contribution >= 0.6 is 22.9 Å². The first kappa shape index (κ1) is 12.6. The van der Waals surface area contributed by atoms with Gasteiger partial charge in [0.05, 0.1) is 10.2 Å². The fourth-order valence-electron chi connectivity index (χ4n) is 2.28. The van der Waals surface area contributed by atoms with Crippen LogP contribution in [0.25, 0.3) is 10.2 Å². The third-order valence-electron chi connectivity index (χ3n) is 3.46. The molecule has 0 bridgehead atoms. The van der Waals surface area contributed by atoms with E-state index in [1.54, 1.807) is 4.90 Å². The molecule has 1 aliphatic rings. The summed E-state index contributed by atoms with van der Waals surface area (Å²) in [6.45, 7) is 6.39. The van der Waals surface area contributed by atoms with Gasteiger partial charge in [0, 0.05) is 23.9 Å². The second-order valence-electron chi connectivity index (χ2n) is 4.72. The largest absolute Gasteiger partial charge is 0.287 e. The maximum absolute atomic E-state index is 12.0. The molecule has 0 radical (unpaired) electrons. The zero-order valence-electron chi connectivity index (χ0n) is 10.5. The summed E-state index contributed by atoms with van der Waals surface area (Å²) >= 11 is 7.64. The Morgan fingerprint density at radius 3 is 3.05 bits per heavy atom. The Hall–Kier alpha value is -1.39. The second kappa shape index (κ2) is 4.62. The van der Waals surface area contributed by atoms with Crippen LogP contribution < -0.4 is 4.90 Å². The van der Waals surface area contributed by atoms with E-state index in [0.717, 1.165) is 20.9 Å². The summed E-state index contributed by atoms with van der Waals surface area (Å²) in [5.74, 6) is 0.344. The lowest BCUT2D eigenvalue weighted by molar-refractivity contribution is -0.117. The van der Waals surface area contributed by atoms with Crippen molar-refractivity contribution in [2.75, 3.05) is 11.4 Å². The van der Waals surface area contributed by atoms with Crippen molar-refractivity contribution in [2.24, 2.45) is 5.92 Å². The number of hydrogen-bond acceptors (Lipinski definition) is 3. The Morgan fingerprint density at radius 1 is 1.58 bits per heavy atom. The number of halogens is 1. The van der Waals surface area contributed by atoms with Crippen LogP contribution in [0.2, 0.25) is 5.02 Å². The van der Waals surface area contributed by atoms with Gasteiger partial charge in [0.1, 0.15) is 0 Å². The van der Waals surface area contributed by atoms with Crippen molar-refractivity contribution < 1.29 is 4.79 Å². The number of hydrogen-bond donors (Lipinski definition) is 0. The Balaban J connectivity index is 2.05. The molecule has 1 saturated heterocycles. The zero-order chi connectivity index (χ0) is 13.6. The molecule has 2 heterocycles.